The van der Waals surface area contributed by atoms with Gasteiger partial charge in [-0.25, -0.2) is 24.0 Å². The Kier molecular flexibility index (Phi) is 6.97. The Morgan fingerprint density at radius 3 is 2.74 bits per heavy atom. The van der Waals surface area contributed by atoms with Crippen LogP contribution in [-0.4, -0.2) is 55.9 Å². The molecule has 1 amide bonds. The number of benzene rings is 1. The lowest BCUT2D eigenvalue weighted by molar-refractivity contribution is -0.380. The predicted molar refractivity (Wildman–Crippen MR) is 136 cm³/mol. The number of thiophene rings is 1. The number of hydrogen-bond donors (Lipinski definition) is 1. The molecule has 1 N–H and O–H groups in total. The number of fused-ring (bicyclic) bond motifs is 1. The zero-order valence-electron chi connectivity index (χ0n) is 19.7. The fourth-order valence-electron chi connectivity index (χ4n) is 3.47. The summed E-state index contributed by atoms with van der Waals surface area (Å²) in [5.74, 6) is -0.341. The van der Waals surface area contributed by atoms with Gasteiger partial charge in [0.25, 0.3) is 5.91 Å². The summed E-state index contributed by atoms with van der Waals surface area (Å²) in [5.41, 5.74) is 1.23. The summed E-state index contributed by atoms with van der Waals surface area (Å²) in [5, 5.41) is 18.3. The number of carbonyl (C=O) groups excluding carboxylic acids is 1. The van der Waals surface area contributed by atoms with Crippen LogP contribution in [0.1, 0.15) is 9.67 Å². The van der Waals surface area contributed by atoms with Gasteiger partial charge in [-0.05, 0) is 30.3 Å². The third-order valence-corrected chi connectivity index (χ3v) is 6.28. The molecule has 0 aliphatic heterocycles. The number of nitrogens with zero attached hydrogens (tertiary/aromatic N) is 6. The number of anilines is 1. The Morgan fingerprint density at radius 1 is 1.16 bits per heavy atom. The highest BCUT2D eigenvalue weighted by Gasteiger charge is 2.20. The van der Waals surface area contributed by atoms with Crippen LogP contribution in [0, 0.1) is 15.9 Å². The predicted octanol–water partition coefficient (Wildman–Crippen LogP) is 4.26. The second-order valence-corrected chi connectivity index (χ2v) is 8.81. The fourth-order valence-corrected chi connectivity index (χ4v) is 4.19. The largest absolute Gasteiger partial charge is 0.475 e. The van der Waals surface area contributed by atoms with E-state index < -0.39 is 16.6 Å². The molecule has 4 aromatic heterocycles. The van der Waals surface area contributed by atoms with Gasteiger partial charge in [0.1, 0.15) is 18.2 Å². The lowest BCUT2D eigenvalue weighted by Crippen LogP contribution is -2.13. The molecule has 0 aliphatic rings. The number of nitrogens with one attached hydrogen (secondary N) is 1. The van der Waals surface area contributed by atoms with Gasteiger partial charge in [0.05, 0.1) is 33.7 Å². The van der Waals surface area contributed by atoms with E-state index in [0.717, 1.165) is 11.3 Å². The van der Waals surface area contributed by atoms with E-state index in [1.165, 1.54) is 41.3 Å². The third kappa shape index (κ3) is 5.16. The summed E-state index contributed by atoms with van der Waals surface area (Å²) in [7, 11) is 1.57. The lowest BCUT2D eigenvalue weighted by Gasteiger charge is -2.09. The molecular formula is C24H18FN7O5S. The van der Waals surface area contributed by atoms with E-state index in [-0.39, 0.29) is 21.5 Å². The fraction of sp³-hybridized carbons (Fsp3) is 0.125. The monoisotopic (exact) mass is 535 g/mol. The molecule has 0 aliphatic carbocycles. The van der Waals surface area contributed by atoms with E-state index in [1.54, 1.807) is 31.4 Å². The summed E-state index contributed by atoms with van der Waals surface area (Å²) < 4.78 is 25.8. The van der Waals surface area contributed by atoms with Crippen LogP contribution in [0.3, 0.4) is 0 Å². The maximum absolute atomic E-state index is 13.9. The summed E-state index contributed by atoms with van der Waals surface area (Å²) in [4.78, 5) is 36.9. The number of rotatable bonds is 9. The molecule has 1 aromatic carbocycles. The van der Waals surface area contributed by atoms with Gasteiger partial charge in [0, 0.05) is 31.0 Å². The number of amides is 1. The quantitative estimate of drug-likeness (QED) is 0.166. The number of hydrogen-bond acceptors (Lipinski definition) is 10. The van der Waals surface area contributed by atoms with Crippen molar-refractivity contribution >= 4 is 39.1 Å². The molecule has 4 heterocycles. The molecule has 0 unspecified atom stereocenters. The molecule has 0 saturated heterocycles. The van der Waals surface area contributed by atoms with Gasteiger partial charge in [0.15, 0.2) is 11.5 Å². The average molecular weight is 536 g/mol. The highest BCUT2D eigenvalue weighted by Crippen LogP contribution is 2.29. The molecule has 0 spiro atoms. The van der Waals surface area contributed by atoms with Gasteiger partial charge in [-0.3, -0.25) is 14.9 Å². The molecule has 0 saturated carbocycles. The van der Waals surface area contributed by atoms with Crippen LogP contribution in [0.5, 0.6) is 5.88 Å². The van der Waals surface area contributed by atoms with Crippen LogP contribution in [0.25, 0.3) is 28.1 Å². The normalized spacial score (nSPS) is 11.0. The summed E-state index contributed by atoms with van der Waals surface area (Å²) in [6.07, 6.45) is 2.96. The van der Waals surface area contributed by atoms with Crippen molar-refractivity contribution in [2.45, 2.75) is 0 Å². The Morgan fingerprint density at radius 2 is 2.03 bits per heavy atom. The lowest BCUT2D eigenvalue weighted by atomic mass is 10.2. The van der Waals surface area contributed by atoms with Crippen LogP contribution in [0.4, 0.5) is 15.2 Å². The Balaban J connectivity index is 1.56. The average Bonchev–Trinajstić information content (AvgIpc) is 3.58. The molecule has 192 valence electrons. The van der Waals surface area contributed by atoms with Crippen LogP contribution < -0.4 is 10.1 Å². The first-order valence-corrected chi connectivity index (χ1v) is 11.9. The standard InChI is InChI=1S/C24H18FN7O5S/c1-36-9-10-37-19-7-5-14(12-26-19)21-28-22(30-24(33)18-6-8-20(38-18)32(34)35)17-13-27-31(23(17)29-21)16-4-2-3-15(25)11-16/h2-8,11-13H,9-10H2,1H3,(H,28,29,30,33). The van der Waals surface area contributed by atoms with Crippen molar-refractivity contribution in [3.63, 3.8) is 0 Å². The number of nitro groups is 1. The number of aromatic nitrogens is 5. The maximum Gasteiger partial charge on any atom is 0.324 e. The number of ether oxygens (including phenoxy) is 2. The molecule has 0 fully saturated rings. The Labute approximate surface area is 217 Å². The van der Waals surface area contributed by atoms with Crippen LogP contribution in [0.2, 0.25) is 0 Å². The van der Waals surface area contributed by atoms with Crippen LogP contribution in [-0.2, 0) is 4.74 Å². The molecular weight excluding hydrogens is 517 g/mol. The van der Waals surface area contributed by atoms with Crippen molar-refractivity contribution in [1.29, 1.82) is 0 Å². The maximum atomic E-state index is 13.9. The number of carbonyl (C=O) groups is 1. The van der Waals surface area contributed by atoms with Crippen LogP contribution >= 0.6 is 11.3 Å². The van der Waals surface area contributed by atoms with Crippen molar-refractivity contribution in [2.24, 2.45) is 0 Å². The molecule has 0 bridgehead atoms. The van der Waals surface area contributed by atoms with Crippen molar-refractivity contribution < 1.29 is 23.6 Å². The summed E-state index contributed by atoms with van der Waals surface area (Å²) in [6.45, 7) is 0.735. The SMILES string of the molecule is COCCOc1ccc(-c2nc(NC(=O)c3ccc([N+](=O)[O-])s3)c3cnn(-c4cccc(F)c4)c3n2)cn1. The van der Waals surface area contributed by atoms with Gasteiger partial charge >= 0.3 is 5.00 Å². The molecule has 12 nitrogen and oxygen atoms in total. The molecule has 38 heavy (non-hydrogen) atoms. The van der Waals surface area contributed by atoms with E-state index in [4.69, 9.17) is 9.47 Å². The second kappa shape index (κ2) is 10.7. The van der Waals surface area contributed by atoms with E-state index >= 15 is 0 Å². The summed E-state index contributed by atoms with van der Waals surface area (Å²) >= 11 is 0.738. The van der Waals surface area contributed by atoms with Gasteiger partial charge in [-0.15, -0.1) is 0 Å². The van der Waals surface area contributed by atoms with Crippen molar-refractivity contribution in [3.8, 4) is 23.0 Å². The van der Waals surface area contributed by atoms with Crippen molar-refractivity contribution in [3.05, 3.63) is 81.7 Å². The van der Waals surface area contributed by atoms with Crippen molar-refractivity contribution in [1.82, 2.24) is 24.7 Å². The molecule has 0 atom stereocenters. The van der Waals surface area contributed by atoms with Gasteiger partial charge < -0.3 is 14.8 Å². The van der Waals surface area contributed by atoms with Gasteiger partial charge in [-0.1, -0.05) is 17.4 Å². The molecule has 0 radical (unpaired) electrons. The molecule has 5 aromatic rings. The molecule has 14 heteroatoms. The number of pyridine rings is 1. The minimum Gasteiger partial charge on any atom is -0.475 e. The molecule has 5 rings (SSSR count). The third-order valence-electron chi connectivity index (χ3n) is 5.24. The van der Waals surface area contributed by atoms with Crippen molar-refractivity contribution in [2.75, 3.05) is 25.6 Å². The summed E-state index contributed by atoms with van der Waals surface area (Å²) in [6, 6.07) is 11.8. The highest BCUT2D eigenvalue weighted by molar-refractivity contribution is 7.17. The van der Waals surface area contributed by atoms with Gasteiger partial charge in [0.2, 0.25) is 5.88 Å². The van der Waals surface area contributed by atoms with Crippen LogP contribution in [0.15, 0.2) is 60.9 Å². The number of halogens is 1. The van der Waals surface area contributed by atoms with E-state index in [1.807, 2.05) is 0 Å². The topological polar surface area (TPSA) is 147 Å². The smallest absolute Gasteiger partial charge is 0.324 e. The Bertz CT molecular complexity index is 1640. The first-order chi connectivity index (χ1) is 18.4. The first kappa shape index (κ1) is 24.9. The van der Waals surface area contributed by atoms with Gasteiger partial charge in [-0.2, -0.15) is 5.10 Å². The zero-order valence-corrected chi connectivity index (χ0v) is 20.5. The first-order valence-electron chi connectivity index (χ1n) is 11.1. The Hall–Kier alpha value is -4.82. The number of methoxy groups -OCH3 is 1. The zero-order chi connectivity index (χ0) is 26.6. The van der Waals surface area contributed by atoms with E-state index in [0.29, 0.717) is 41.4 Å². The highest BCUT2D eigenvalue weighted by atomic mass is 32.1. The minimum atomic E-state index is -0.590. The second-order valence-electron chi connectivity index (χ2n) is 7.74. The van der Waals surface area contributed by atoms with E-state index in [9.17, 15) is 19.3 Å². The van der Waals surface area contributed by atoms with E-state index in [2.05, 4.69) is 25.4 Å². The minimum absolute atomic E-state index is 0.120.